The molecular weight excluding hydrogens is 464 g/mol. The minimum absolute atomic E-state index is 0.0666. The van der Waals surface area contributed by atoms with E-state index in [4.69, 9.17) is 8.97 Å². The van der Waals surface area contributed by atoms with Gasteiger partial charge in [0.2, 0.25) is 0 Å². The minimum Gasteiger partial charge on any atom is -0.443 e. The molecule has 1 amide bonds. The molecule has 182 valence electrons. The number of nitrogens with zero attached hydrogens (tertiary/aromatic N) is 1. The lowest BCUT2D eigenvalue weighted by atomic mass is 9.84. The van der Waals surface area contributed by atoms with E-state index in [9.17, 15) is 13.2 Å². The molecule has 4 heterocycles. The van der Waals surface area contributed by atoms with E-state index in [2.05, 4.69) is 22.1 Å². The Kier molecular flexibility index (Phi) is 7.71. The molecular formula is C27H28N2O5S. The highest BCUT2D eigenvalue weighted by Crippen LogP contribution is 2.27. The van der Waals surface area contributed by atoms with Crippen LogP contribution in [0, 0.1) is 24.7 Å². The molecule has 3 fully saturated rings. The molecule has 7 nitrogen and oxygen atoms in total. The van der Waals surface area contributed by atoms with Crippen LogP contribution in [0.3, 0.4) is 0 Å². The minimum atomic E-state index is -4.02. The van der Waals surface area contributed by atoms with Gasteiger partial charge in [-0.2, -0.15) is 8.42 Å². The highest BCUT2D eigenvalue weighted by atomic mass is 32.2. The van der Waals surface area contributed by atoms with Gasteiger partial charge in [-0.3, -0.25) is 9.35 Å². The van der Waals surface area contributed by atoms with Crippen LogP contribution in [0.5, 0.6) is 0 Å². The zero-order chi connectivity index (χ0) is 24.8. The van der Waals surface area contributed by atoms with Crippen LogP contribution in [-0.2, 0) is 10.1 Å². The standard InChI is InChI=1S/C20H20N2O2.C7H8O3S/c23-20(21-18-14-22-12-10-16(18)11-13-22)19-9-8-17(24-19)7-6-15-4-2-1-3-5-15;1-6-2-4-7(5-3-6)11(8,9)10/h1-5,8-9,16,18H,10-14H2,(H,21,23);2-5H,1H3,(H,8,9,10)/t18-;/m0./s1. The summed E-state index contributed by atoms with van der Waals surface area (Å²) in [6.45, 7) is 5.12. The molecule has 35 heavy (non-hydrogen) atoms. The van der Waals surface area contributed by atoms with Crippen molar-refractivity contribution >= 4 is 16.0 Å². The fourth-order valence-electron chi connectivity index (χ4n) is 4.26. The largest absolute Gasteiger partial charge is 0.443 e. The monoisotopic (exact) mass is 492 g/mol. The SMILES string of the molecule is Cc1ccc(S(=O)(=O)O)cc1.O=C(N[C@H]1CN2CCC1CC2)c1ccc(C#Cc2ccccc2)o1. The Morgan fingerprint density at radius 1 is 1.00 bits per heavy atom. The summed E-state index contributed by atoms with van der Waals surface area (Å²) in [5, 5.41) is 3.13. The third kappa shape index (κ3) is 6.83. The lowest BCUT2D eigenvalue weighted by molar-refractivity contribution is 0.0605. The van der Waals surface area contributed by atoms with Crippen LogP contribution in [0.1, 0.15) is 40.3 Å². The summed E-state index contributed by atoms with van der Waals surface area (Å²) in [6.07, 6.45) is 2.35. The topological polar surface area (TPSA) is 99.8 Å². The van der Waals surface area contributed by atoms with Gasteiger partial charge in [0.15, 0.2) is 11.5 Å². The maximum absolute atomic E-state index is 12.4. The number of furan rings is 1. The number of nitrogens with one attached hydrogen (secondary N) is 1. The van der Waals surface area contributed by atoms with Gasteiger partial charge >= 0.3 is 0 Å². The first-order valence-electron chi connectivity index (χ1n) is 11.5. The molecule has 3 aliphatic rings. The first-order valence-corrected chi connectivity index (χ1v) is 13.0. The third-order valence-corrected chi connectivity index (χ3v) is 7.09. The van der Waals surface area contributed by atoms with Crippen LogP contribution in [0.15, 0.2) is 76.0 Å². The van der Waals surface area contributed by atoms with Crippen molar-refractivity contribution in [2.24, 2.45) is 5.92 Å². The van der Waals surface area contributed by atoms with Crippen molar-refractivity contribution in [1.82, 2.24) is 10.2 Å². The molecule has 0 spiro atoms. The third-order valence-electron chi connectivity index (χ3n) is 6.23. The van der Waals surface area contributed by atoms with E-state index < -0.39 is 10.1 Å². The van der Waals surface area contributed by atoms with Gasteiger partial charge < -0.3 is 14.6 Å². The molecule has 1 aromatic heterocycles. The molecule has 0 unspecified atom stereocenters. The second-order valence-corrected chi connectivity index (χ2v) is 10.2. The predicted molar refractivity (Wildman–Crippen MR) is 133 cm³/mol. The number of carbonyl (C=O) groups is 1. The highest BCUT2D eigenvalue weighted by molar-refractivity contribution is 7.85. The van der Waals surface area contributed by atoms with E-state index >= 15 is 0 Å². The average Bonchev–Trinajstić information content (AvgIpc) is 3.34. The second-order valence-electron chi connectivity index (χ2n) is 8.79. The lowest BCUT2D eigenvalue weighted by Gasteiger charge is -2.44. The number of amides is 1. The molecule has 6 rings (SSSR count). The summed E-state index contributed by atoms with van der Waals surface area (Å²) in [7, 11) is -4.02. The number of rotatable bonds is 3. The Morgan fingerprint density at radius 2 is 1.69 bits per heavy atom. The lowest BCUT2D eigenvalue weighted by Crippen LogP contribution is -2.57. The first-order chi connectivity index (χ1) is 16.8. The number of aryl methyl sites for hydroxylation is 1. The molecule has 0 radical (unpaired) electrons. The first kappa shape index (κ1) is 24.7. The van der Waals surface area contributed by atoms with Gasteiger partial charge in [-0.05, 0) is 81.1 Å². The summed E-state index contributed by atoms with van der Waals surface area (Å²) >= 11 is 0. The molecule has 3 aliphatic heterocycles. The Labute approximate surface area is 205 Å². The molecule has 2 aromatic carbocycles. The molecule has 2 bridgehead atoms. The van der Waals surface area contributed by atoms with Gasteiger partial charge in [-0.25, -0.2) is 0 Å². The molecule has 2 N–H and O–H groups in total. The Morgan fingerprint density at radius 3 is 2.29 bits per heavy atom. The Hall–Kier alpha value is -3.38. The fourth-order valence-corrected chi connectivity index (χ4v) is 4.74. The zero-order valence-electron chi connectivity index (χ0n) is 19.5. The molecule has 0 aliphatic carbocycles. The van der Waals surface area contributed by atoms with E-state index in [0.29, 0.717) is 17.4 Å². The number of hydrogen-bond acceptors (Lipinski definition) is 5. The second kappa shape index (κ2) is 10.9. The van der Waals surface area contributed by atoms with Crippen LogP contribution in [0.25, 0.3) is 0 Å². The van der Waals surface area contributed by atoms with Crippen molar-refractivity contribution in [2.45, 2.75) is 30.7 Å². The smallest absolute Gasteiger partial charge is 0.294 e. The van der Waals surface area contributed by atoms with Crippen molar-refractivity contribution in [3.63, 3.8) is 0 Å². The van der Waals surface area contributed by atoms with Gasteiger partial charge in [0, 0.05) is 18.2 Å². The molecule has 1 atom stereocenters. The zero-order valence-corrected chi connectivity index (χ0v) is 20.3. The predicted octanol–water partition coefficient (Wildman–Crippen LogP) is 3.75. The van der Waals surface area contributed by atoms with Gasteiger partial charge in [0.25, 0.3) is 16.0 Å². The van der Waals surface area contributed by atoms with Crippen molar-refractivity contribution in [3.05, 3.63) is 89.4 Å². The van der Waals surface area contributed by atoms with Crippen LogP contribution in [0.4, 0.5) is 0 Å². The van der Waals surface area contributed by atoms with Crippen molar-refractivity contribution in [2.75, 3.05) is 19.6 Å². The van der Waals surface area contributed by atoms with Gasteiger partial charge in [-0.15, -0.1) is 0 Å². The van der Waals surface area contributed by atoms with Crippen LogP contribution >= 0.6 is 0 Å². The normalized spacial score (nSPS) is 20.7. The molecule has 0 saturated carbocycles. The van der Waals surface area contributed by atoms with Gasteiger partial charge in [0.1, 0.15) is 0 Å². The summed E-state index contributed by atoms with van der Waals surface area (Å²) < 4.78 is 35.1. The number of fused-ring (bicyclic) bond motifs is 3. The molecule has 3 saturated heterocycles. The molecule has 8 heteroatoms. The summed E-state index contributed by atoms with van der Waals surface area (Å²) in [5.74, 6) is 7.31. The van der Waals surface area contributed by atoms with E-state index in [1.807, 2.05) is 37.3 Å². The van der Waals surface area contributed by atoms with E-state index in [1.54, 1.807) is 24.3 Å². The van der Waals surface area contributed by atoms with Crippen molar-refractivity contribution < 1.29 is 22.2 Å². The number of carbonyl (C=O) groups excluding carboxylic acids is 1. The van der Waals surface area contributed by atoms with E-state index in [0.717, 1.165) is 30.8 Å². The van der Waals surface area contributed by atoms with E-state index in [1.165, 1.54) is 25.0 Å². The van der Waals surface area contributed by atoms with Gasteiger partial charge in [-0.1, -0.05) is 41.8 Å². The Balaban J connectivity index is 0.000000221. The fraction of sp³-hybridized carbons (Fsp3) is 0.296. The maximum atomic E-state index is 12.4. The van der Waals surface area contributed by atoms with Gasteiger partial charge in [0.05, 0.1) is 4.90 Å². The van der Waals surface area contributed by atoms with E-state index in [-0.39, 0.29) is 16.8 Å². The highest BCUT2D eigenvalue weighted by Gasteiger charge is 2.35. The van der Waals surface area contributed by atoms with Crippen LogP contribution in [-0.4, -0.2) is 49.5 Å². The summed E-state index contributed by atoms with van der Waals surface area (Å²) in [6, 6.07) is 19.4. The maximum Gasteiger partial charge on any atom is 0.294 e. The number of benzene rings is 2. The Bertz CT molecular complexity index is 1310. The van der Waals surface area contributed by atoms with Crippen LogP contribution < -0.4 is 5.32 Å². The van der Waals surface area contributed by atoms with Crippen LogP contribution in [0.2, 0.25) is 0 Å². The number of piperidine rings is 3. The van der Waals surface area contributed by atoms with Crippen molar-refractivity contribution in [3.8, 4) is 11.8 Å². The average molecular weight is 493 g/mol. The number of hydrogen-bond donors (Lipinski definition) is 2. The summed E-state index contributed by atoms with van der Waals surface area (Å²) in [4.78, 5) is 14.8. The van der Waals surface area contributed by atoms with Crippen molar-refractivity contribution in [1.29, 1.82) is 0 Å². The quantitative estimate of drug-likeness (QED) is 0.427. The molecule has 3 aromatic rings. The summed E-state index contributed by atoms with van der Waals surface area (Å²) in [5.41, 5.74) is 1.88.